The highest BCUT2D eigenvalue weighted by molar-refractivity contribution is 9.10. The van der Waals surface area contributed by atoms with Gasteiger partial charge in [-0.1, -0.05) is 12.1 Å². The predicted molar refractivity (Wildman–Crippen MR) is 78.9 cm³/mol. The van der Waals surface area contributed by atoms with Crippen LogP contribution < -0.4 is 5.32 Å². The molecular formula is C14H13BrN2O3. The van der Waals surface area contributed by atoms with E-state index >= 15 is 0 Å². The minimum atomic E-state index is -1.02. The van der Waals surface area contributed by atoms with E-state index < -0.39 is 5.97 Å². The second-order valence-electron chi connectivity index (χ2n) is 4.40. The molecule has 1 heterocycles. The van der Waals surface area contributed by atoms with Crippen LogP contribution in [0.3, 0.4) is 0 Å². The lowest BCUT2D eigenvalue weighted by atomic mass is 10.2. The van der Waals surface area contributed by atoms with Crippen molar-refractivity contribution in [3.63, 3.8) is 0 Å². The summed E-state index contributed by atoms with van der Waals surface area (Å²) in [5, 5.41) is 11.7. The lowest BCUT2D eigenvalue weighted by Crippen LogP contribution is -2.18. The van der Waals surface area contributed by atoms with Gasteiger partial charge in [0.2, 0.25) is 5.91 Å². The van der Waals surface area contributed by atoms with E-state index in [1.54, 1.807) is 6.07 Å². The van der Waals surface area contributed by atoms with Crippen LogP contribution in [0, 0.1) is 6.92 Å². The molecule has 0 saturated heterocycles. The Morgan fingerprint density at radius 1 is 1.35 bits per heavy atom. The molecule has 0 aliphatic rings. The van der Waals surface area contributed by atoms with Gasteiger partial charge in [0, 0.05) is 11.9 Å². The van der Waals surface area contributed by atoms with E-state index in [1.165, 1.54) is 16.8 Å². The predicted octanol–water partition coefficient (Wildman–Crippen LogP) is 2.90. The van der Waals surface area contributed by atoms with Crippen LogP contribution in [0.2, 0.25) is 0 Å². The molecule has 1 aromatic carbocycles. The Hall–Kier alpha value is -2.08. The van der Waals surface area contributed by atoms with Crippen LogP contribution in [0.4, 0.5) is 5.69 Å². The van der Waals surface area contributed by atoms with E-state index in [2.05, 4.69) is 21.2 Å². The van der Waals surface area contributed by atoms with Crippen molar-refractivity contribution in [3.8, 4) is 0 Å². The highest BCUT2D eigenvalue weighted by Crippen LogP contribution is 2.16. The lowest BCUT2D eigenvalue weighted by molar-refractivity contribution is -0.116. The van der Waals surface area contributed by atoms with Crippen LogP contribution in [-0.2, 0) is 11.3 Å². The fraction of sp³-hybridized carbons (Fsp3) is 0.143. The molecule has 2 aromatic rings. The average Bonchev–Trinajstić information content (AvgIpc) is 2.71. The summed E-state index contributed by atoms with van der Waals surface area (Å²) in [6.07, 6.45) is 1.42. The zero-order valence-electron chi connectivity index (χ0n) is 10.8. The number of halogens is 1. The number of aromatic carboxylic acids is 1. The molecule has 0 spiro atoms. The third-order valence-electron chi connectivity index (χ3n) is 2.71. The van der Waals surface area contributed by atoms with Crippen molar-refractivity contribution in [2.45, 2.75) is 13.5 Å². The molecule has 0 aliphatic heterocycles. The van der Waals surface area contributed by atoms with E-state index in [9.17, 15) is 9.59 Å². The van der Waals surface area contributed by atoms with Crippen LogP contribution in [0.1, 0.15) is 15.9 Å². The molecule has 5 nitrogen and oxygen atoms in total. The second kappa shape index (κ2) is 5.92. The molecule has 104 valence electrons. The number of carbonyl (C=O) groups excluding carboxylic acids is 1. The van der Waals surface area contributed by atoms with Crippen molar-refractivity contribution in [2.75, 3.05) is 5.32 Å². The molecule has 0 aliphatic carbocycles. The molecule has 0 saturated carbocycles. The molecule has 20 heavy (non-hydrogen) atoms. The number of aromatic nitrogens is 1. The van der Waals surface area contributed by atoms with Gasteiger partial charge in [0.05, 0.1) is 10.2 Å². The molecular weight excluding hydrogens is 324 g/mol. The van der Waals surface area contributed by atoms with E-state index in [-0.39, 0.29) is 18.0 Å². The lowest BCUT2D eigenvalue weighted by Gasteiger charge is -2.07. The summed E-state index contributed by atoms with van der Waals surface area (Å²) < 4.78 is 2.09. The van der Waals surface area contributed by atoms with Crippen molar-refractivity contribution >= 4 is 33.5 Å². The van der Waals surface area contributed by atoms with Gasteiger partial charge in [-0.15, -0.1) is 0 Å². The Labute approximate surface area is 124 Å². The number of hydrogen-bond donors (Lipinski definition) is 2. The van der Waals surface area contributed by atoms with Crippen LogP contribution >= 0.6 is 15.9 Å². The number of benzene rings is 1. The Bertz CT molecular complexity index is 664. The highest BCUT2D eigenvalue weighted by Gasteiger charge is 2.12. The Balaban J connectivity index is 2.06. The second-order valence-corrected chi connectivity index (χ2v) is 5.21. The first-order valence-corrected chi connectivity index (χ1v) is 6.70. The van der Waals surface area contributed by atoms with Crippen molar-refractivity contribution in [1.82, 2.24) is 4.57 Å². The maximum atomic E-state index is 11.9. The third-order valence-corrected chi connectivity index (χ3v) is 3.39. The van der Waals surface area contributed by atoms with Crippen LogP contribution in [-0.4, -0.2) is 21.6 Å². The zero-order chi connectivity index (χ0) is 14.7. The largest absolute Gasteiger partial charge is 0.478 e. The summed E-state index contributed by atoms with van der Waals surface area (Å²) in [4.78, 5) is 22.8. The third kappa shape index (κ3) is 3.48. The van der Waals surface area contributed by atoms with Crippen molar-refractivity contribution in [1.29, 1.82) is 0 Å². The first-order valence-electron chi connectivity index (χ1n) is 5.91. The quantitative estimate of drug-likeness (QED) is 0.901. The number of anilines is 1. The SMILES string of the molecule is Cc1cccc(NC(=O)Cn2cc(C(=O)O)cc2Br)c1. The fourth-order valence-electron chi connectivity index (χ4n) is 1.79. The van der Waals surface area contributed by atoms with Gasteiger partial charge >= 0.3 is 5.97 Å². The maximum Gasteiger partial charge on any atom is 0.337 e. The molecule has 0 radical (unpaired) electrons. The number of amides is 1. The molecule has 1 amide bonds. The average molecular weight is 337 g/mol. The Kier molecular flexibility index (Phi) is 4.24. The number of rotatable bonds is 4. The molecule has 0 unspecified atom stereocenters. The van der Waals surface area contributed by atoms with Gasteiger partial charge in [0.15, 0.2) is 0 Å². The number of aryl methyl sites for hydroxylation is 1. The summed E-state index contributed by atoms with van der Waals surface area (Å²) >= 11 is 3.23. The van der Waals surface area contributed by atoms with Gasteiger partial charge in [-0.2, -0.15) is 0 Å². The van der Waals surface area contributed by atoms with E-state index in [1.807, 2.05) is 25.1 Å². The number of hydrogen-bond acceptors (Lipinski definition) is 2. The van der Waals surface area contributed by atoms with Gasteiger partial charge in [-0.05, 0) is 46.6 Å². The molecule has 2 rings (SSSR count). The fourth-order valence-corrected chi connectivity index (χ4v) is 2.27. The number of nitrogens with one attached hydrogen (secondary N) is 1. The van der Waals surface area contributed by atoms with Crippen LogP contribution in [0.25, 0.3) is 0 Å². The monoisotopic (exact) mass is 336 g/mol. The summed E-state index contributed by atoms with van der Waals surface area (Å²) in [6, 6.07) is 8.93. The first-order chi connectivity index (χ1) is 9.45. The minimum absolute atomic E-state index is 0.0435. The Morgan fingerprint density at radius 3 is 2.70 bits per heavy atom. The molecule has 0 bridgehead atoms. The summed E-state index contributed by atoms with van der Waals surface area (Å²) in [7, 11) is 0. The smallest absolute Gasteiger partial charge is 0.337 e. The normalized spacial score (nSPS) is 10.3. The number of carbonyl (C=O) groups is 2. The summed E-state index contributed by atoms with van der Waals surface area (Å²) in [5.41, 5.74) is 1.91. The van der Waals surface area contributed by atoms with Gasteiger partial charge in [-0.3, -0.25) is 4.79 Å². The topological polar surface area (TPSA) is 71.3 Å². The van der Waals surface area contributed by atoms with E-state index in [0.29, 0.717) is 4.60 Å². The van der Waals surface area contributed by atoms with Crippen molar-refractivity contribution in [3.05, 3.63) is 52.3 Å². The van der Waals surface area contributed by atoms with Gasteiger partial charge < -0.3 is 15.0 Å². The maximum absolute atomic E-state index is 11.9. The van der Waals surface area contributed by atoms with E-state index in [4.69, 9.17) is 5.11 Å². The Morgan fingerprint density at radius 2 is 2.10 bits per heavy atom. The zero-order valence-corrected chi connectivity index (χ0v) is 12.3. The van der Waals surface area contributed by atoms with Gasteiger partial charge in [0.25, 0.3) is 0 Å². The van der Waals surface area contributed by atoms with Crippen LogP contribution in [0.5, 0.6) is 0 Å². The number of carboxylic acids is 1. The summed E-state index contributed by atoms with van der Waals surface area (Å²) in [6.45, 7) is 1.99. The van der Waals surface area contributed by atoms with Crippen molar-refractivity contribution in [2.24, 2.45) is 0 Å². The van der Waals surface area contributed by atoms with E-state index in [0.717, 1.165) is 11.3 Å². The molecule has 2 N–H and O–H groups in total. The number of nitrogens with zero attached hydrogens (tertiary/aromatic N) is 1. The molecule has 0 fully saturated rings. The molecule has 6 heteroatoms. The summed E-state index contributed by atoms with van der Waals surface area (Å²) in [5.74, 6) is -1.24. The molecule has 0 atom stereocenters. The van der Waals surface area contributed by atoms with Gasteiger partial charge in [0.1, 0.15) is 6.54 Å². The molecule has 1 aromatic heterocycles. The minimum Gasteiger partial charge on any atom is -0.478 e. The van der Waals surface area contributed by atoms with Crippen LogP contribution in [0.15, 0.2) is 41.1 Å². The number of carboxylic acid groups (broad SMARTS) is 1. The first kappa shape index (κ1) is 14.3. The van der Waals surface area contributed by atoms with Crippen molar-refractivity contribution < 1.29 is 14.7 Å². The van der Waals surface area contributed by atoms with Gasteiger partial charge in [-0.25, -0.2) is 4.79 Å². The highest BCUT2D eigenvalue weighted by atomic mass is 79.9. The standard InChI is InChI=1S/C14H13BrN2O3/c1-9-3-2-4-11(5-9)16-13(18)8-17-7-10(14(19)20)6-12(17)15/h2-7H,8H2,1H3,(H,16,18)(H,19,20).